The second-order valence-corrected chi connectivity index (χ2v) is 5.38. The van der Waals surface area contributed by atoms with E-state index in [2.05, 4.69) is 33.0 Å². The fourth-order valence-corrected chi connectivity index (χ4v) is 2.44. The number of hydrogen-bond acceptors (Lipinski definition) is 2. The molecule has 3 nitrogen and oxygen atoms in total. The smallest absolute Gasteiger partial charge is 0.241 e. The van der Waals surface area contributed by atoms with E-state index in [1.807, 2.05) is 4.90 Å². The van der Waals surface area contributed by atoms with Crippen LogP contribution in [0.5, 0.6) is 0 Å². The van der Waals surface area contributed by atoms with E-state index in [4.69, 9.17) is 0 Å². The van der Waals surface area contributed by atoms with Crippen LogP contribution in [0.2, 0.25) is 0 Å². The van der Waals surface area contributed by atoms with E-state index in [0.29, 0.717) is 17.9 Å². The molecule has 1 amide bonds. The van der Waals surface area contributed by atoms with Crippen molar-refractivity contribution in [2.75, 3.05) is 6.67 Å². The lowest BCUT2D eigenvalue weighted by Crippen LogP contribution is -2.39. The number of nitrogens with one attached hydrogen (secondary N) is 1. The Hall–Kier alpha value is -0.570. The molecule has 0 bridgehead atoms. The van der Waals surface area contributed by atoms with Gasteiger partial charge in [-0.3, -0.25) is 10.1 Å². The molecular formula is C14H28N2O. The highest BCUT2D eigenvalue weighted by molar-refractivity contribution is 5.84. The molecule has 1 aliphatic rings. The molecule has 0 aliphatic carbocycles. The molecule has 0 aromatic carbocycles. The van der Waals surface area contributed by atoms with Crippen LogP contribution < -0.4 is 5.32 Å². The number of unbranched alkanes of at least 4 members (excludes halogenated alkanes) is 2. The minimum absolute atomic E-state index is 0.0497. The van der Waals surface area contributed by atoms with Gasteiger partial charge >= 0.3 is 0 Å². The van der Waals surface area contributed by atoms with Crippen molar-refractivity contribution in [1.29, 1.82) is 0 Å². The van der Waals surface area contributed by atoms with E-state index in [1.165, 1.54) is 19.3 Å². The van der Waals surface area contributed by atoms with E-state index >= 15 is 0 Å². The Bertz CT molecular complexity index is 242. The lowest BCUT2D eigenvalue weighted by Gasteiger charge is -2.24. The Labute approximate surface area is 106 Å². The average Bonchev–Trinajstić information content (AvgIpc) is 2.70. The van der Waals surface area contributed by atoms with E-state index in [1.54, 1.807) is 0 Å². The van der Waals surface area contributed by atoms with Gasteiger partial charge in [0, 0.05) is 6.04 Å². The number of amides is 1. The first kappa shape index (κ1) is 14.5. The zero-order valence-electron chi connectivity index (χ0n) is 11.8. The van der Waals surface area contributed by atoms with E-state index in [0.717, 1.165) is 19.5 Å². The SMILES string of the molecule is CCCCCC(C)N1CNC(C(C)CC)C1=O. The van der Waals surface area contributed by atoms with Gasteiger partial charge in [-0.25, -0.2) is 0 Å². The van der Waals surface area contributed by atoms with Crippen LogP contribution in [0.3, 0.4) is 0 Å². The van der Waals surface area contributed by atoms with Gasteiger partial charge < -0.3 is 4.90 Å². The van der Waals surface area contributed by atoms with Crippen molar-refractivity contribution in [2.24, 2.45) is 5.92 Å². The van der Waals surface area contributed by atoms with Gasteiger partial charge in [-0.05, 0) is 19.3 Å². The molecule has 3 heteroatoms. The van der Waals surface area contributed by atoms with Crippen molar-refractivity contribution in [3.8, 4) is 0 Å². The molecule has 1 N–H and O–H groups in total. The van der Waals surface area contributed by atoms with Crippen LogP contribution >= 0.6 is 0 Å². The predicted molar refractivity (Wildman–Crippen MR) is 71.7 cm³/mol. The lowest BCUT2D eigenvalue weighted by molar-refractivity contribution is -0.131. The third kappa shape index (κ3) is 3.70. The van der Waals surface area contributed by atoms with Gasteiger partial charge in [0.05, 0.1) is 12.7 Å². The van der Waals surface area contributed by atoms with Gasteiger partial charge in [0.2, 0.25) is 5.91 Å². The molecule has 1 aliphatic heterocycles. The van der Waals surface area contributed by atoms with Crippen LogP contribution in [0.25, 0.3) is 0 Å². The first-order valence-electron chi connectivity index (χ1n) is 7.15. The quantitative estimate of drug-likeness (QED) is 0.694. The summed E-state index contributed by atoms with van der Waals surface area (Å²) < 4.78 is 0. The number of nitrogens with zero attached hydrogens (tertiary/aromatic N) is 1. The summed E-state index contributed by atoms with van der Waals surface area (Å²) in [5.41, 5.74) is 0. The van der Waals surface area contributed by atoms with E-state index in [-0.39, 0.29) is 6.04 Å². The Morgan fingerprint density at radius 3 is 2.65 bits per heavy atom. The zero-order valence-corrected chi connectivity index (χ0v) is 11.8. The van der Waals surface area contributed by atoms with Gasteiger partial charge in [-0.15, -0.1) is 0 Å². The normalized spacial score (nSPS) is 24.1. The van der Waals surface area contributed by atoms with E-state index in [9.17, 15) is 4.79 Å². The summed E-state index contributed by atoms with van der Waals surface area (Å²) in [6.45, 7) is 9.43. The molecule has 3 atom stereocenters. The van der Waals surface area contributed by atoms with Crippen LogP contribution in [0.15, 0.2) is 0 Å². The molecule has 0 aromatic heterocycles. The second-order valence-electron chi connectivity index (χ2n) is 5.38. The summed E-state index contributed by atoms with van der Waals surface area (Å²) in [4.78, 5) is 14.3. The summed E-state index contributed by atoms with van der Waals surface area (Å²) in [5.74, 6) is 0.749. The average molecular weight is 240 g/mol. The Kier molecular flexibility index (Phi) is 5.96. The lowest BCUT2D eigenvalue weighted by atomic mass is 9.99. The summed E-state index contributed by atoms with van der Waals surface area (Å²) in [6, 6.07) is 0.434. The molecule has 3 unspecified atom stereocenters. The topological polar surface area (TPSA) is 32.3 Å². The Balaban J connectivity index is 2.43. The van der Waals surface area contributed by atoms with Crippen LogP contribution in [0.4, 0.5) is 0 Å². The second kappa shape index (κ2) is 7.00. The maximum absolute atomic E-state index is 12.2. The van der Waals surface area contributed by atoms with Crippen molar-refractivity contribution >= 4 is 5.91 Å². The van der Waals surface area contributed by atoms with Crippen molar-refractivity contribution in [2.45, 2.75) is 71.9 Å². The molecule has 0 saturated carbocycles. The maximum atomic E-state index is 12.2. The minimum atomic E-state index is 0.0497. The van der Waals surface area contributed by atoms with Crippen molar-refractivity contribution in [3.63, 3.8) is 0 Å². The standard InChI is InChI=1S/C14H28N2O/c1-5-7-8-9-12(4)16-10-15-13(14(16)17)11(3)6-2/h11-13,15H,5-10H2,1-4H3. The maximum Gasteiger partial charge on any atom is 0.241 e. The minimum Gasteiger partial charge on any atom is -0.326 e. The van der Waals surface area contributed by atoms with Crippen LogP contribution in [-0.2, 0) is 4.79 Å². The zero-order chi connectivity index (χ0) is 12.8. The van der Waals surface area contributed by atoms with Crippen molar-refractivity contribution in [1.82, 2.24) is 10.2 Å². The first-order chi connectivity index (χ1) is 8.11. The Morgan fingerprint density at radius 1 is 1.35 bits per heavy atom. The summed E-state index contributed by atoms with van der Waals surface area (Å²) >= 11 is 0. The number of carbonyl (C=O) groups is 1. The molecule has 1 fully saturated rings. The summed E-state index contributed by atoms with van der Waals surface area (Å²) in [6.07, 6.45) is 5.94. The highest BCUT2D eigenvalue weighted by atomic mass is 16.2. The predicted octanol–water partition coefficient (Wildman–Crippen LogP) is 2.76. The Morgan fingerprint density at radius 2 is 2.06 bits per heavy atom. The fraction of sp³-hybridized carbons (Fsp3) is 0.929. The third-order valence-electron chi connectivity index (χ3n) is 4.00. The highest BCUT2D eigenvalue weighted by Gasteiger charge is 2.36. The van der Waals surface area contributed by atoms with Gasteiger partial charge in [-0.2, -0.15) is 0 Å². The van der Waals surface area contributed by atoms with Crippen LogP contribution in [0, 0.1) is 5.92 Å². The monoisotopic (exact) mass is 240 g/mol. The summed E-state index contributed by atoms with van der Waals surface area (Å²) in [7, 11) is 0. The number of hydrogen-bond donors (Lipinski definition) is 1. The first-order valence-corrected chi connectivity index (χ1v) is 7.15. The van der Waals surface area contributed by atoms with Crippen molar-refractivity contribution in [3.05, 3.63) is 0 Å². The molecule has 0 aromatic rings. The molecule has 100 valence electrons. The van der Waals surface area contributed by atoms with Crippen molar-refractivity contribution < 1.29 is 4.79 Å². The molecule has 1 heterocycles. The third-order valence-corrected chi connectivity index (χ3v) is 4.00. The van der Waals surface area contributed by atoms with Gasteiger partial charge in [-0.1, -0.05) is 46.5 Å². The van der Waals surface area contributed by atoms with E-state index < -0.39 is 0 Å². The molecular weight excluding hydrogens is 212 g/mol. The van der Waals surface area contributed by atoms with Gasteiger partial charge in [0.25, 0.3) is 0 Å². The number of rotatable bonds is 7. The fourth-order valence-electron chi connectivity index (χ4n) is 2.44. The summed E-state index contributed by atoms with van der Waals surface area (Å²) in [5, 5.41) is 3.35. The van der Waals surface area contributed by atoms with Gasteiger partial charge in [0.15, 0.2) is 0 Å². The van der Waals surface area contributed by atoms with Crippen LogP contribution in [0.1, 0.15) is 59.8 Å². The molecule has 0 radical (unpaired) electrons. The molecule has 1 rings (SSSR count). The largest absolute Gasteiger partial charge is 0.326 e. The highest BCUT2D eigenvalue weighted by Crippen LogP contribution is 2.19. The molecule has 1 saturated heterocycles. The van der Waals surface area contributed by atoms with Gasteiger partial charge in [0.1, 0.15) is 0 Å². The molecule has 0 spiro atoms. The molecule has 17 heavy (non-hydrogen) atoms. The van der Waals surface area contributed by atoms with Crippen LogP contribution in [-0.4, -0.2) is 29.6 Å². The number of carbonyl (C=O) groups excluding carboxylic acids is 1.